The van der Waals surface area contributed by atoms with Gasteiger partial charge in [-0.15, -0.1) is 0 Å². The summed E-state index contributed by atoms with van der Waals surface area (Å²) in [5, 5.41) is 4.27. The van der Waals surface area contributed by atoms with Gasteiger partial charge in [0.15, 0.2) is 0 Å². The molecular formula is C17H18BrN3O3. The molecule has 1 amide bonds. The number of aromatic nitrogens is 2. The molecule has 2 aromatic rings. The van der Waals surface area contributed by atoms with Crippen molar-refractivity contribution in [3.8, 4) is 5.69 Å². The summed E-state index contributed by atoms with van der Waals surface area (Å²) in [6.45, 7) is 1.04. The van der Waals surface area contributed by atoms with E-state index in [1.807, 2.05) is 24.3 Å². The quantitative estimate of drug-likeness (QED) is 0.754. The minimum absolute atomic E-state index is 0.107. The highest BCUT2D eigenvalue weighted by atomic mass is 79.9. The van der Waals surface area contributed by atoms with Crippen molar-refractivity contribution in [3.05, 3.63) is 46.7 Å². The van der Waals surface area contributed by atoms with Crippen molar-refractivity contribution in [3.63, 3.8) is 0 Å². The minimum atomic E-state index is -0.252. The first-order valence-electron chi connectivity index (χ1n) is 7.76. The van der Waals surface area contributed by atoms with Gasteiger partial charge in [-0.1, -0.05) is 22.0 Å². The van der Waals surface area contributed by atoms with Crippen molar-refractivity contribution in [2.24, 2.45) is 5.92 Å². The third-order valence-corrected chi connectivity index (χ3v) is 4.64. The standard InChI is InChI=1S/C17H18BrN3O3/c1-24-17(23)12-4-3-7-20(10-12)16(22)13-9-19-21(11-13)15-6-2-5-14(18)8-15/h2,5-6,8-9,11-12H,3-4,7,10H2,1H3. The van der Waals surface area contributed by atoms with E-state index in [4.69, 9.17) is 4.74 Å². The lowest BCUT2D eigenvalue weighted by molar-refractivity contribution is -0.146. The average Bonchev–Trinajstić information content (AvgIpc) is 3.10. The fourth-order valence-electron chi connectivity index (χ4n) is 2.90. The Bertz CT molecular complexity index is 759. The smallest absolute Gasteiger partial charge is 0.310 e. The van der Waals surface area contributed by atoms with Gasteiger partial charge in [-0.3, -0.25) is 9.59 Å². The number of likely N-dealkylation sites (tertiary alicyclic amines) is 1. The molecule has 1 atom stereocenters. The van der Waals surface area contributed by atoms with Crippen LogP contribution < -0.4 is 0 Å². The number of methoxy groups -OCH3 is 1. The van der Waals surface area contributed by atoms with Gasteiger partial charge in [0, 0.05) is 23.8 Å². The van der Waals surface area contributed by atoms with Crippen LogP contribution in [0.3, 0.4) is 0 Å². The molecule has 1 aromatic carbocycles. The topological polar surface area (TPSA) is 64.4 Å². The van der Waals surface area contributed by atoms with E-state index in [1.165, 1.54) is 7.11 Å². The summed E-state index contributed by atoms with van der Waals surface area (Å²) in [6, 6.07) is 7.68. The Labute approximate surface area is 148 Å². The molecule has 6 nitrogen and oxygen atoms in total. The zero-order valence-electron chi connectivity index (χ0n) is 13.3. The van der Waals surface area contributed by atoms with E-state index in [-0.39, 0.29) is 17.8 Å². The second-order valence-electron chi connectivity index (χ2n) is 5.77. The van der Waals surface area contributed by atoms with Gasteiger partial charge in [0.05, 0.1) is 30.5 Å². The van der Waals surface area contributed by atoms with Crippen LogP contribution in [0.5, 0.6) is 0 Å². The molecular weight excluding hydrogens is 374 g/mol. The summed E-state index contributed by atoms with van der Waals surface area (Å²) in [7, 11) is 1.38. The summed E-state index contributed by atoms with van der Waals surface area (Å²) in [6.07, 6.45) is 4.83. The van der Waals surface area contributed by atoms with Crippen molar-refractivity contribution in [1.29, 1.82) is 0 Å². The maximum Gasteiger partial charge on any atom is 0.310 e. The third-order valence-electron chi connectivity index (χ3n) is 4.15. The van der Waals surface area contributed by atoms with Crippen LogP contribution in [0.15, 0.2) is 41.1 Å². The third kappa shape index (κ3) is 3.51. The maximum absolute atomic E-state index is 12.7. The lowest BCUT2D eigenvalue weighted by Crippen LogP contribution is -2.42. The number of benzene rings is 1. The Kier molecular flexibility index (Phi) is 4.99. The second-order valence-corrected chi connectivity index (χ2v) is 6.68. The highest BCUT2D eigenvalue weighted by Gasteiger charge is 2.29. The molecule has 0 aliphatic carbocycles. The molecule has 24 heavy (non-hydrogen) atoms. The first-order chi connectivity index (χ1) is 11.6. The Morgan fingerprint density at radius 1 is 1.38 bits per heavy atom. The molecule has 1 aliphatic heterocycles. The van der Waals surface area contributed by atoms with Crippen LogP contribution in [-0.2, 0) is 9.53 Å². The molecule has 3 rings (SSSR count). The number of carbonyl (C=O) groups is 2. The van der Waals surface area contributed by atoms with E-state index >= 15 is 0 Å². The molecule has 0 bridgehead atoms. The van der Waals surface area contributed by atoms with Crippen LogP contribution in [0.25, 0.3) is 5.69 Å². The highest BCUT2D eigenvalue weighted by Crippen LogP contribution is 2.20. The van der Waals surface area contributed by atoms with Crippen molar-refractivity contribution in [1.82, 2.24) is 14.7 Å². The molecule has 126 valence electrons. The van der Waals surface area contributed by atoms with Gasteiger partial charge in [-0.25, -0.2) is 4.68 Å². The van der Waals surface area contributed by atoms with Crippen molar-refractivity contribution < 1.29 is 14.3 Å². The van der Waals surface area contributed by atoms with Crippen LogP contribution in [0.2, 0.25) is 0 Å². The largest absolute Gasteiger partial charge is 0.469 e. The van der Waals surface area contributed by atoms with Crippen LogP contribution >= 0.6 is 15.9 Å². The molecule has 1 saturated heterocycles. The van der Waals surface area contributed by atoms with Gasteiger partial charge in [0.1, 0.15) is 0 Å². The van der Waals surface area contributed by atoms with Crippen molar-refractivity contribution in [2.75, 3.05) is 20.2 Å². The first kappa shape index (κ1) is 16.7. The maximum atomic E-state index is 12.7. The number of ether oxygens (including phenoxy) is 1. The summed E-state index contributed by atoms with van der Waals surface area (Å²) in [5.41, 5.74) is 1.38. The summed E-state index contributed by atoms with van der Waals surface area (Å²) in [5.74, 6) is -0.602. The monoisotopic (exact) mass is 391 g/mol. The molecule has 0 spiro atoms. The zero-order chi connectivity index (χ0) is 17.1. The molecule has 0 radical (unpaired) electrons. The molecule has 1 unspecified atom stereocenters. The van der Waals surface area contributed by atoms with E-state index in [1.54, 1.807) is 22.0 Å². The molecule has 0 N–H and O–H groups in total. The number of halogens is 1. The number of nitrogens with zero attached hydrogens (tertiary/aromatic N) is 3. The van der Waals surface area contributed by atoms with Crippen LogP contribution in [-0.4, -0.2) is 46.8 Å². The first-order valence-corrected chi connectivity index (χ1v) is 8.55. The van der Waals surface area contributed by atoms with Gasteiger partial charge in [0.2, 0.25) is 0 Å². The van der Waals surface area contributed by atoms with E-state index in [0.717, 1.165) is 23.0 Å². The number of carbonyl (C=O) groups excluding carboxylic acids is 2. The Morgan fingerprint density at radius 2 is 2.21 bits per heavy atom. The Morgan fingerprint density at radius 3 is 2.96 bits per heavy atom. The van der Waals surface area contributed by atoms with Crippen molar-refractivity contribution in [2.45, 2.75) is 12.8 Å². The molecule has 0 saturated carbocycles. The number of esters is 1. The molecule has 2 heterocycles. The number of rotatable bonds is 3. The number of hydrogen-bond acceptors (Lipinski definition) is 4. The fraction of sp³-hybridized carbons (Fsp3) is 0.353. The van der Waals surface area contributed by atoms with Crippen LogP contribution in [0.4, 0.5) is 0 Å². The van der Waals surface area contributed by atoms with Gasteiger partial charge in [-0.05, 0) is 31.0 Å². The number of amides is 1. The van der Waals surface area contributed by atoms with E-state index < -0.39 is 0 Å². The van der Waals surface area contributed by atoms with Gasteiger partial charge >= 0.3 is 5.97 Å². The van der Waals surface area contributed by atoms with Crippen molar-refractivity contribution >= 4 is 27.8 Å². The minimum Gasteiger partial charge on any atom is -0.469 e. The van der Waals surface area contributed by atoms with E-state index in [9.17, 15) is 9.59 Å². The molecule has 1 aromatic heterocycles. The predicted molar refractivity (Wildman–Crippen MR) is 91.9 cm³/mol. The van der Waals surface area contributed by atoms with E-state index in [0.29, 0.717) is 18.7 Å². The molecule has 7 heteroatoms. The van der Waals surface area contributed by atoms with Crippen LogP contribution in [0.1, 0.15) is 23.2 Å². The number of piperidine rings is 1. The average molecular weight is 392 g/mol. The second kappa shape index (κ2) is 7.17. The molecule has 1 fully saturated rings. The lowest BCUT2D eigenvalue weighted by Gasteiger charge is -2.31. The van der Waals surface area contributed by atoms with E-state index in [2.05, 4.69) is 21.0 Å². The Balaban J connectivity index is 1.75. The highest BCUT2D eigenvalue weighted by molar-refractivity contribution is 9.10. The van der Waals surface area contributed by atoms with Gasteiger partial charge < -0.3 is 9.64 Å². The van der Waals surface area contributed by atoms with Gasteiger partial charge in [0.25, 0.3) is 5.91 Å². The van der Waals surface area contributed by atoms with Gasteiger partial charge in [-0.2, -0.15) is 5.10 Å². The zero-order valence-corrected chi connectivity index (χ0v) is 14.9. The number of hydrogen-bond donors (Lipinski definition) is 0. The Hall–Kier alpha value is -2.15. The predicted octanol–water partition coefficient (Wildman–Crippen LogP) is 2.66. The summed E-state index contributed by atoms with van der Waals surface area (Å²) < 4.78 is 7.41. The lowest BCUT2D eigenvalue weighted by atomic mass is 9.98. The fourth-order valence-corrected chi connectivity index (χ4v) is 3.28. The normalized spacial score (nSPS) is 17.6. The molecule has 1 aliphatic rings. The SMILES string of the molecule is COC(=O)C1CCCN(C(=O)c2cnn(-c3cccc(Br)c3)c2)C1. The summed E-state index contributed by atoms with van der Waals surface area (Å²) in [4.78, 5) is 26.1. The summed E-state index contributed by atoms with van der Waals surface area (Å²) >= 11 is 3.42. The van der Waals surface area contributed by atoms with Crippen LogP contribution in [0, 0.1) is 5.92 Å².